The number of benzene rings is 1. The van der Waals surface area contributed by atoms with Gasteiger partial charge in [-0.3, -0.25) is 9.67 Å². The lowest BCUT2D eigenvalue weighted by Crippen LogP contribution is -2.39. The van der Waals surface area contributed by atoms with Crippen LogP contribution in [0.15, 0.2) is 47.7 Å². The molecule has 0 radical (unpaired) electrons. The number of nitrogens with one attached hydrogen (secondary N) is 2. The summed E-state index contributed by atoms with van der Waals surface area (Å²) in [5.74, 6) is 0.930. The Morgan fingerprint density at radius 2 is 2.09 bits per heavy atom. The van der Waals surface area contributed by atoms with Crippen molar-refractivity contribution in [2.75, 3.05) is 13.6 Å². The maximum Gasteiger partial charge on any atom is 0.191 e. The largest absolute Gasteiger partial charge is 0.356 e. The zero-order valence-electron chi connectivity index (χ0n) is 13.0. The number of rotatable bonds is 6. The van der Waals surface area contributed by atoms with Crippen LogP contribution in [0, 0.1) is 11.7 Å². The van der Waals surface area contributed by atoms with Crippen LogP contribution in [0.4, 0.5) is 4.39 Å². The Morgan fingerprint density at radius 3 is 2.73 bits per heavy atom. The van der Waals surface area contributed by atoms with E-state index in [9.17, 15) is 4.39 Å². The van der Waals surface area contributed by atoms with Crippen molar-refractivity contribution in [1.29, 1.82) is 0 Å². The van der Waals surface area contributed by atoms with Crippen LogP contribution in [0.3, 0.4) is 0 Å². The number of aromatic nitrogens is 2. The molecule has 1 aromatic carbocycles. The smallest absolute Gasteiger partial charge is 0.191 e. The molecule has 2 rings (SSSR count). The van der Waals surface area contributed by atoms with E-state index < -0.39 is 0 Å². The van der Waals surface area contributed by atoms with Crippen molar-refractivity contribution in [2.45, 2.75) is 20.0 Å². The molecule has 0 aliphatic heterocycles. The summed E-state index contributed by atoms with van der Waals surface area (Å²) in [6.45, 7) is 4.41. The van der Waals surface area contributed by atoms with Gasteiger partial charge in [0.1, 0.15) is 5.82 Å². The molecule has 5 nitrogen and oxygen atoms in total. The monoisotopic (exact) mass is 303 g/mol. The van der Waals surface area contributed by atoms with Gasteiger partial charge in [-0.2, -0.15) is 5.10 Å². The SMILES string of the molecule is CN=C(NCc1ccc(F)cc1)NCC(C)Cn1cccn1. The summed E-state index contributed by atoms with van der Waals surface area (Å²) in [5.41, 5.74) is 1.01. The summed E-state index contributed by atoms with van der Waals surface area (Å²) in [7, 11) is 1.73. The lowest BCUT2D eigenvalue weighted by atomic mass is 10.2. The van der Waals surface area contributed by atoms with Crippen molar-refractivity contribution in [3.63, 3.8) is 0 Å². The summed E-state index contributed by atoms with van der Waals surface area (Å²) in [4.78, 5) is 4.19. The highest BCUT2D eigenvalue weighted by molar-refractivity contribution is 5.79. The van der Waals surface area contributed by atoms with Gasteiger partial charge in [0.2, 0.25) is 0 Å². The van der Waals surface area contributed by atoms with Crippen molar-refractivity contribution in [1.82, 2.24) is 20.4 Å². The molecule has 0 aliphatic carbocycles. The average molecular weight is 303 g/mol. The molecular weight excluding hydrogens is 281 g/mol. The summed E-state index contributed by atoms with van der Waals surface area (Å²) >= 11 is 0. The van der Waals surface area contributed by atoms with Crippen molar-refractivity contribution < 1.29 is 4.39 Å². The minimum absolute atomic E-state index is 0.223. The third-order valence-corrected chi connectivity index (χ3v) is 3.27. The normalized spacial score (nSPS) is 13.0. The molecule has 0 aliphatic rings. The Kier molecular flexibility index (Phi) is 5.94. The quantitative estimate of drug-likeness (QED) is 0.634. The molecule has 1 heterocycles. The lowest BCUT2D eigenvalue weighted by Gasteiger charge is -2.16. The summed E-state index contributed by atoms with van der Waals surface area (Å²) < 4.78 is 14.8. The van der Waals surface area contributed by atoms with Crippen molar-refractivity contribution in [3.8, 4) is 0 Å². The fourth-order valence-corrected chi connectivity index (χ4v) is 2.07. The van der Waals surface area contributed by atoms with Crippen molar-refractivity contribution >= 4 is 5.96 Å². The molecule has 0 amide bonds. The molecule has 0 spiro atoms. The van der Waals surface area contributed by atoms with E-state index in [2.05, 4.69) is 27.6 Å². The van der Waals surface area contributed by atoms with Gasteiger partial charge in [-0.25, -0.2) is 4.39 Å². The Bertz CT molecular complexity index is 577. The Balaban J connectivity index is 1.74. The van der Waals surface area contributed by atoms with Gasteiger partial charge in [0.25, 0.3) is 0 Å². The predicted octanol–water partition coefficient (Wildman–Crippen LogP) is 2.02. The summed E-state index contributed by atoms with van der Waals surface area (Å²) in [5, 5.41) is 10.7. The van der Waals surface area contributed by atoms with Crippen LogP contribution in [0.25, 0.3) is 0 Å². The molecule has 1 unspecified atom stereocenters. The number of guanidine groups is 1. The average Bonchev–Trinajstić information content (AvgIpc) is 3.02. The summed E-state index contributed by atoms with van der Waals surface area (Å²) in [6, 6.07) is 8.36. The van der Waals surface area contributed by atoms with Crippen LogP contribution in [-0.4, -0.2) is 29.3 Å². The number of hydrogen-bond donors (Lipinski definition) is 2. The van der Waals surface area contributed by atoms with Crippen LogP contribution in [-0.2, 0) is 13.1 Å². The highest BCUT2D eigenvalue weighted by Crippen LogP contribution is 2.02. The van der Waals surface area contributed by atoms with Gasteiger partial charge in [-0.15, -0.1) is 0 Å². The van der Waals surface area contributed by atoms with Gasteiger partial charge in [-0.05, 0) is 29.7 Å². The van der Waals surface area contributed by atoms with Crippen LogP contribution < -0.4 is 10.6 Å². The molecule has 1 atom stereocenters. The zero-order chi connectivity index (χ0) is 15.8. The van der Waals surface area contributed by atoms with E-state index in [0.29, 0.717) is 12.5 Å². The van der Waals surface area contributed by atoms with Crippen LogP contribution >= 0.6 is 0 Å². The van der Waals surface area contributed by atoms with E-state index in [1.54, 1.807) is 25.4 Å². The molecule has 2 aromatic rings. The van der Waals surface area contributed by atoms with E-state index in [1.807, 2.05) is 16.9 Å². The second-order valence-electron chi connectivity index (χ2n) is 5.27. The molecule has 118 valence electrons. The number of halogens is 1. The molecule has 0 saturated heterocycles. The Labute approximate surface area is 130 Å². The van der Waals surface area contributed by atoms with Gasteiger partial charge in [0.05, 0.1) is 0 Å². The van der Waals surface area contributed by atoms with Gasteiger partial charge in [0, 0.05) is 39.1 Å². The molecule has 1 aromatic heterocycles. The second-order valence-corrected chi connectivity index (χ2v) is 5.27. The molecular formula is C16H22FN5. The van der Waals surface area contributed by atoms with E-state index >= 15 is 0 Å². The maximum atomic E-state index is 12.9. The maximum absolute atomic E-state index is 12.9. The highest BCUT2D eigenvalue weighted by atomic mass is 19.1. The van der Waals surface area contributed by atoms with E-state index in [0.717, 1.165) is 24.6 Å². The number of hydrogen-bond acceptors (Lipinski definition) is 2. The first-order valence-corrected chi connectivity index (χ1v) is 7.33. The van der Waals surface area contributed by atoms with Crippen molar-refractivity contribution in [2.24, 2.45) is 10.9 Å². The van der Waals surface area contributed by atoms with Gasteiger partial charge < -0.3 is 10.6 Å². The number of nitrogens with zero attached hydrogens (tertiary/aromatic N) is 3. The number of aliphatic imine (C=N–C) groups is 1. The first-order chi connectivity index (χ1) is 10.7. The van der Waals surface area contributed by atoms with E-state index in [4.69, 9.17) is 0 Å². The second kappa shape index (κ2) is 8.17. The third-order valence-electron chi connectivity index (χ3n) is 3.27. The van der Waals surface area contributed by atoms with Gasteiger partial charge in [-0.1, -0.05) is 19.1 Å². The molecule has 0 bridgehead atoms. The Morgan fingerprint density at radius 1 is 1.32 bits per heavy atom. The van der Waals surface area contributed by atoms with Crippen LogP contribution in [0.2, 0.25) is 0 Å². The van der Waals surface area contributed by atoms with E-state index in [-0.39, 0.29) is 5.82 Å². The fourth-order valence-electron chi connectivity index (χ4n) is 2.07. The minimum Gasteiger partial charge on any atom is -0.356 e. The lowest BCUT2D eigenvalue weighted by molar-refractivity contribution is 0.443. The minimum atomic E-state index is -0.223. The standard InChI is InChI=1S/C16H22FN5/c1-13(12-22-9-3-8-21-22)10-19-16(18-2)20-11-14-4-6-15(17)7-5-14/h3-9,13H,10-12H2,1-2H3,(H2,18,19,20). The Hall–Kier alpha value is -2.37. The summed E-state index contributed by atoms with van der Waals surface area (Å²) in [6.07, 6.45) is 3.74. The van der Waals surface area contributed by atoms with Crippen LogP contribution in [0.5, 0.6) is 0 Å². The zero-order valence-corrected chi connectivity index (χ0v) is 13.0. The predicted molar refractivity (Wildman–Crippen MR) is 86.0 cm³/mol. The van der Waals surface area contributed by atoms with Gasteiger partial charge >= 0.3 is 0 Å². The van der Waals surface area contributed by atoms with Crippen molar-refractivity contribution in [3.05, 3.63) is 54.1 Å². The van der Waals surface area contributed by atoms with Gasteiger partial charge in [0.15, 0.2) is 5.96 Å². The first-order valence-electron chi connectivity index (χ1n) is 7.33. The first kappa shape index (κ1) is 16.0. The topological polar surface area (TPSA) is 54.2 Å². The molecule has 0 saturated carbocycles. The molecule has 2 N–H and O–H groups in total. The van der Waals surface area contributed by atoms with Crippen LogP contribution in [0.1, 0.15) is 12.5 Å². The molecule has 22 heavy (non-hydrogen) atoms. The third kappa shape index (κ3) is 5.20. The fraction of sp³-hybridized carbons (Fsp3) is 0.375. The highest BCUT2D eigenvalue weighted by Gasteiger charge is 2.05. The molecule has 6 heteroatoms. The molecule has 0 fully saturated rings. The van der Waals surface area contributed by atoms with E-state index in [1.165, 1.54) is 12.1 Å².